The highest BCUT2D eigenvalue weighted by molar-refractivity contribution is 6.17. The first-order valence-electron chi connectivity index (χ1n) is 16.8. The van der Waals surface area contributed by atoms with Crippen molar-refractivity contribution in [3.05, 3.63) is 187 Å². The number of para-hydroxylation sites is 1. The van der Waals surface area contributed by atoms with Gasteiger partial charge >= 0.3 is 0 Å². The minimum atomic E-state index is -0.111. The van der Waals surface area contributed by atoms with E-state index in [4.69, 9.17) is 0 Å². The SMILES string of the molecule is CC1(C)c2ccccc2-c2c1cc1c(ccc3ccccc31)c2-c1cccc(N(c2ccccc2)c2ccc(-c3ccccc3)cc2)c1. The van der Waals surface area contributed by atoms with Gasteiger partial charge in [-0.2, -0.15) is 0 Å². The Kier molecular flexibility index (Phi) is 6.55. The predicted octanol–water partition coefficient (Wildman–Crippen LogP) is 13.1. The van der Waals surface area contributed by atoms with Crippen molar-refractivity contribution in [3.63, 3.8) is 0 Å². The van der Waals surface area contributed by atoms with Crippen molar-refractivity contribution >= 4 is 38.6 Å². The fourth-order valence-electron chi connectivity index (χ4n) is 7.88. The van der Waals surface area contributed by atoms with Crippen molar-refractivity contribution in [1.82, 2.24) is 0 Å². The Balaban J connectivity index is 1.28. The van der Waals surface area contributed by atoms with E-state index in [-0.39, 0.29) is 5.41 Å². The lowest BCUT2D eigenvalue weighted by molar-refractivity contribution is 0.661. The molecule has 0 saturated carbocycles. The molecule has 1 aliphatic rings. The Morgan fingerprint density at radius 1 is 0.375 bits per heavy atom. The first kappa shape index (κ1) is 28.3. The quantitative estimate of drug-likeness (QED) is 0.175. The molecule has 0 saturated heterocycles. The van der Waals surface area contributed by atoms with Crippen LogP contribution in [-0.2, 0) is 5.41 Å². The first-order chi connectivity index (χ1) is 23.6. The van der Waals surface area contributed by atoms with Gasteiger partial charge in [0, 0.05) is 22.5 Å². The summed E-state index contributed by atoms with van der Waals surface area (Å²) in [7, 11) is 0. The van der Waals surface area contributed by atoms with Crippen LogP contribution in [0.15, 0.2) is 176 Å². The molecule has 0 unspecified atom stereocenters. The van der Waals surface area contributed by atoms with Crippen LogP contribution in [0.3, 0.4) is 0 Å². The third kappa shape index (κ3) is 4.47. The summed E-state index contributed by atoms with van der Waals surface area (Å²) in [4.78, 5) is 2.37. The standard InChI is InChI=1S/C47H35N/c1-47(2)43-23-12-11-22-41(43)46-44(47)31-42-39-21-10-9-16-34(39)26-29-40(42)45(46)35-17-13-20-38(30-35)48(36-18-7-4-8-19-36)37-27-24-33(25-28-37)32-14-5-3-6-15-32/h3-31H,1-2H3. The molecule has 228 valence electrons. The van der Waals surface area contributed by atoms with E-state index >= 15 is 0 Å². The minimum absolute atomic E-state index is 0.111. The molecule has 0 N–H and O–H groups in total. The zero-order chi connectivity index (χ0) is 32.2. The number of anilines is 3. The van der Waals surface area contributed by atoms with Crippen molar-refractivity contribution in [2.45, 2.75) is 19.3 Å². The van der Waals surface area contributed by atoms with Crippen molar-refractivity contribution < 1.29 is 0 Å². The van der Waals surface area contributed by atoms with E-state index in [1.54, 1.807) is 0 Å². The minimum Gasteiger partial charge on any atom is -0.310 e. The molecule has 0 radical (unpaired) electrons. The summed E-state index contributed by atoms with van der Waals surface area (Å²) in [5.74, 6) is 0. The normalized spacial score (nSPS) is 13.0. The molecule has 0 fully saturated rings. The summed E-state index contributed by atoms with van der Waals surface area (Å²) in [5, 5.41) is 5.17. The van der Waals surface area contributed by atoms with E-state index in [2.05, 4.69) is 195 Å². The van der Waals surface area contributed by atoms with Crippen LogP contribution in [0.5, 0.6) is 0 Å². The highest BCUT2D eigenvalue weighted by Gasteiger charge is 2.37. The lowest BCUT2D eigenvalue weighted by atomic mass is 9.80. The molecule has 0 aromatic heterocycles. The molecule has 9 rings (SSSR count). The molecular formula is C47H35N. The van der Waals surface area contributed by atoms with Gasteiger partial charge in [-0.3, -0.25) is 0 Å². The van der Waals surface area contributed by atoms with E-state index in [1.165, 1.54) is 66.1 Å². The third-order valence-electron chi connectivity index (χ3n) is 10.2. The summed E-state index contributed by atoms with van der Waals surface area (Å²) in [6, 6.07) is 64.3. The molecule has 0 amide bonds. The molecule has 8 aromatic rings. The monoisotopic (exact) mass is 613 g/mol. The zero-order valence-corrected chi connectivity index (χ0v) is 27.2. The molecule has 0 spiro atoms. The summed E-state index contributed by atoms with van der Waals surface area (Å²) in [6.45, 7) is 4.76. The highest BCUT2D eigenvalue weighted by atomic mass is 15.1. The Hall–Kier alpha value is -5.92. The van der Waals surface area contributed by atoms with Gasteiger partial charge in [0.05, 0.1) is 0 Å². The number of hydrogen-bond acceptors (Lipinski definition) is 1. The topological polar surface area (TPSA) is 3.24 Å². The fraction of sp³-hybridized carbons (Fsp3) is 0.0638. The van der Waals surface area contributed by atoms with E-state index in [1.807, 2.05) is 0 Å². The van der Waals surface area contributed by atoms with Gasteiger partial charge in [-0.25, -0.2) is 0 Å². The maximum atomic E-state index is 2.48. The Morgan fingerprint density at radius 3 is 1.81 bits per heavy atom. The molecular weight excluding hydrogens is 579 g/mol. The van der Waals surface area contributed by atoms with Gasteiger partial charge in [0.25, 0.3) is 0 Å². The maximum absolute atomic E-state index is 2.48. The van der Waals surface area contributed by atoms with Crippen molar-refractivity contribution in [2.24, 2.45) is 0 Å². The lowest BCUT2D eigenvalue weighted by Gasteiger charge is -2.27. The van der Waals surface area contributed by atoms with Crippen LogP contribution >= 0.6 is 0 Å². The molecule has 0 aliphatic heterocycles. The zero-order valence-electron chi connectivity index (χ0n) is 27.2. The molecule has 0 heterocycles. The number of nitrogens with zero attached hydrogens (tertiary/aromatic N) is 1. The maximum Gasteiger partial charge on any atom is 0.0467 e. The summed E-state index contributed by atoms with van der Waals surface area (Å²) < 4.78 is 0. The van der Waals surface area contributed by atoms with Gasteiger partial charge in [-0.15, -0.1) is 0 Å². The van der Waals surface area contributed by atoms with Crippen LogP contribution < -0.4 is 4.90 Å². The number of hydrogen-bond donors (Lipinski definition) is 0. The van der Waals surface area contributed by atoms with Gasteiger partial charge in [-0.05, 0) is 109 Å². The Labute approximate surface area is 282 Å². The second-order valence-electron chi connectivity index (χ2n) is 13.4. The fourth-order valence-corrected chi connectivity index (χ4v) is 7.88. The van der Waals surface area contributed by atoms with Gasteiger partial charge in [0.1, 0.15) is 0 Å². The van der Waals surface area contributed by atoms with Crippen molar-refractivity contribution in [2.75, 3.05) is 4.90 Å². The molecule has 48 heavy (non-hydrogen) atoms. The average molecular weight is 614 g/mol. The van der Waals surface area contributed by atoms with Gasteiger partial charge in [0.2, 0.25) is 0 Å². The average Bonchev–Trinajstić information content (AvgIpc) is 3.37. The number of rotatable bonds is 5. The molecule has 1 aliphatic carbocycles. The van der Waals surface area contributed by atoms with Crippen LogP contribution in [-0.4, -0.2) is 0 Å². The first-order valence-corrected chi connectivity index (χ1v) is 16.8. The van der Waals surface area contributed by atoms with E-state index in [0.717, 1.165) is 17.1 Å². The number of benzene rings is 8. The van der Waals surface area contributed by atoms with E-state index in [0.29, 0.717) is 0 Å². The predicted molar refractivity (Wildman–Crippen MR) is 205 cm³/mol. The Morgan fingerprint density at radius 2 is 1.00 bits per heavy atom. The molecule has 1 heteroatoms. The van der Waals surface area contributed by atoms with Gasteiger partial charge in [-0.1, -0.05) is 147 Å². The van der Waals surface area contributed by atoms with Crippen LogP contribution in [0.2, 0.25) is 0 Å². The van der Waals surface area contributed by atoms with E-state index < -0.39 is 0 Å². The smallest absolute Gasteiger partial charge is 0.0467 e. The molecule has 1 nitrogen and oxygen atoms in total. The van der Waals surface area contributed by atoms with Crippen molar-refractivity contribution in [3.8, 4) is 33.4 Å². The van der Waals surface area contributed by atoms with Crippen LogP contribution in [0.25, 0.3) is 54.9 Å². The molecule has 0 bridgehead atoms. The second kappa shape index (κ2) is 11.1. The summed E-state index contributed by atoms with van der Waals surface area (Å²) >= 11 is 0. The van der Waals surface area contributed by atoms with Crippen LogP contribution in [0.1, 0.15) is 25.0 Å². The lowest BCUT2D eigenvalue weighted by Crippen LogP contribution is -2.15. The van der Waals surface area contributed by atoms with Crippen LogP contribution in [0, 0.1) is 0 Å². The summed E-state index contributed by atoms with van der Waals surface area (Å²) in [6.07, 6.45) is 0. The van der Waals surface area contributed by atoms with E-state index in [9.17, 15) is 0 Å². The largest absolute Gasteiger partial charge is 0.310 e. The van der Waals surface area contributed by atoms with Crippen LogP contribution in [0.4, 0.5) is 17.1 Å². The molecule has 8 aromatic carbocycles. The van der Waals surface area contributed by atoms with Crippen molar-refractivity contribution in [1.29, 1.82) is 0 Å². The highest BCUT2D eigenvalue weighted by Crippen LogP contribution is 2.55. The molecule has 0 atom stereocenters. The van der Waals surface area contributed by atoms with Gasteiger partial charge < -0.3 is 4.90 Å². The third-order valence-corrected chi connectivity index (χ3v) is 10.2. The number of fused-ring (bicyclic) bond motifs is 6. The second-order valence-corrected chi connectivity index (χ2v) is 13.4. The summed E-state index contributed by atoms with van der Waals surface area (Å²) in [5.41, 5.74) is 13.7. The van der Waals surface area contributed by atoms with Gasteiger partial charge in [0.15, 0.2) is 0 Å². The Bertz CT molecular complexity index is 2460.